The summed E-state index contributed by atoms with van der Waals surface area (Å²) in [5.74, 6) is -0.349. The van der Waals surface area contributed by atoms with Crippen molar-refractivity contribution >= 4 is 5.69 Å². The maximum atomic E-state index is 13.5. The lowest BCUT2D eigenvalue weighted by Gasteiger charge is -2.12. The number of halogens is 1. The van der Waals surface area contributed by atoms with Crippen molar-refractivity contribution in [2.75, 3.05) is 12.3 Å². The van der Waals surface area contributed by atoms with Gasteiger partial charge in [0, 0.05) is 29.4 Å². The van der Waals surface area contributed by atoms with Gasteiger partial charge in [0.2, 0.25) is 0 Å². The molecule has 0 saturated heterocycles. The molecule has 0 amide bonds. The molecule has 72 valence electrons. The van der Waals surface area contributed by atoms with E-state index in [4.69, 9.17) is 17.2 Å². The number of nitrogen functional groups attached to an aromatic ring is 1. The highest BCUT2D eigenvalue weighted by Gasteiger charge is 2.12. The lowest BCUT2D eigenvalue weighted by atomic mass is 10.0. The first-order valence-corrected chi connectivity index (χ1v) is 4.08. The Balaban J connectivity index is 3.18. The molecule has 4 heteroatoms. The van der Waals surface area contributed by atoms with E-state index in [0.717, 1.165) is 0 Å². The third-order valence-electron chi connectivity index (χ3n) is 2.11. The van der Waals surface area contributed by atoms with Crippen LogP contribution in [0.1, 0.15) is 17.2 Å². The van der Waals surface area contributed by atoms with Crippen LogP contribution < -0.4 is 17.2 Å². The molecule has 0 spiro atoms. The minimum atomic E-state index is -0.459. The Kier molecular flexibility index (Phi) is 2.85. The van der Waals surface area contributed by atoms with Crippen molar-refractivity contribution in [3.05, 3.63) is 29.1 Å². The molecule has 13 heavy (non-hydrogen) atoms. The fourth-order valence-corrected chi connectivity index (χ4v) is 1.13. The number of hydrogen-bond donors (Lipinski definition) is 3. The number of hydrogen-bond acceptors (Lipinski definition) is 3. The zero-order chi connectivity index (χ0) is 10.0. The molecule has 0 aliphatic carbocycles. The quantitative estimate of drug-likeness (QED) is 0.590. The van der Waals surface area contributed by atoms with E-state index >= 15 is 0 Å². The average molecular weight is 183 g/mol. The number of nitrogens with two attached hydrogens (primary N) is 3. The lowest BCUT2D eigenvalue weighted by Crippen LogP contribution is -2.22. The molecule has 0 radical (unpaired) electrons. The minimum absolute atomic E-state index is 0.222. The van der Waals surface area contributed by atoms with Gasteiger partial charge in [0.25, 0.3) is 0 Å². The number of benzene rings is 1. The Morgan fingerprint density at radius 3 is 2.62 bits per heavy atom. The minimum Gasteiger partial charge on any atom is -0.398 e. The van der Waals surface area contributed by atoms with Gasteiger partial charge >= 0.3 is 0 Å². The van der Waals surface area contributed by atoms with Crippen LogP contribution in [0.3, 0.4) is 0 Å². The molecule has 0 heterocycles. The van der Waals surface area contributed by atoms with E-state index in [1.807, 2.05) is 0 Å². The largest absolute Gasteiger partial charge is 0.398 e. The monoisotopic (exact) mass is 183 g/mol. The second kappa shape index (κ2) is 3.72. The molecule has 0 unspecified atom stereocenters. The molecule has 0 aromatic heterocycles. The standard InChI is InChI=1S/C9H14FN3/c1-5-7(12)3-2-6(9(5)10)8(13)4-11/h2-3,8H,4,11-13H2,1H3/t8-/m1/s1. The van der Waals surface area contributed by atoms with Crippen LogP contribution in [0.25, 0.3) is 0 Å². The molecule has 6 N–H and O–H groups in total. The Morgan fingerprint density at radius 2 is 2.08 bits per heavy atom. The van der Waals surface area contributed by atoms with Gasteiger partial charge in [-0.05, 0) is 13.0 Å². The third-order valence-corrected chi connectivity index (χ3v) is 2.11. The highest BCUT2D eigenvalue weighted by atomic mass is 19.1. The van der Waals surface area contributed by atoms with Crippen LogP contribution in [0.2, 0.25) is 0 Å². The SMILES string of the molecule is Cc1c(N)ccc([C@H](N)CN)c1F. The number of rotatable bonds is 2. The summed E-state index contributed by atoms with van der Waals surface area (Å²) in [5.41, 5.74) is 17.8. The second-order valence-electron chi connectivity index (χ2n) is 3.03. The predicted molar refractivity (Wildman–Crippen MR) is 51.5 cm³/mol. The smallest absolute Gasteiger partial charge is 0.132 e. The van der Waals surface area contributed by atoms with Crippen molar-refractivity contribution in [3.63, 3.8) is 0 Å². The fourth-order valence-electron chi connectivity index (χ4n) is 1.13. The maximum Gasteiger partial charge on any atom is 0.132 e. The lowest BCUT2D eigenvalue weighted by molar-refractivity contribution is 0.577. The van der Waals surface area contributed by atoms with Gasteiger partial charge in [0.1, 0.15) is 5.82 Å². The van der Waals surface area contributed by atoms with Gasteiger partial charge in [-0.2, -0.15) is 0 Å². The zero-order valence-electron chi connectivity index (χ0n) is 7.55. The summed E-state index contributed by atoms with van der Waals surface area (Å²) < 4.78 is 13.5. The van der Waals surface area contributed by atoms with Crippen LogP contribution in [-0.2, 0) is 0 Å². The van der Waals surface area contributed by atoms with Crippen LogP contribution in [0.15, 0.2) is 12.1 Å². The Bertz CT molecular complexity index is 312. The second-order valence-corrected chi connectivity index (χ2v) is 3.03. The first kappa shape index (κ1) is 9.95. The van der Waals surface area contributed by atoms with Crippen LogP contribution in [0.4, 0.5) is 10.1 Å². The van der Waals surface area contributed by atoms with E-state index in [-0.39, 0.29) is 12.4 Å². The zero-order valence-corrected chi connectivity index (χ0v) is 7.55. The van der Waals surface area contributed by atoms with E-state index < -0.39 is 6.04 Å². The Hall–Kier alpha value is -1.13. The van der Waals surface area contributed by atoms with Crippen molar-refractivity contribution in [2.24, 2.45) is 11.5 Å². The summed E-state index contributed by atoms with van der Waals surface area (Å²) in [6.45, 7) is 1.84. The molecule has 0 fully saturated rings. The molecule has 0 aliphatic heterocycles. The average Bonchev–Trinajstić information content (AvgIpc) is 2.13. The summed E-state index contributed by atoms with van der Waals surface area (Å²) in [5, 5.41) is 0. The van der Waals surface area contributed by atoms with Gasteiger partial charge in [-0.15, -0.1) is 0 Å². The van der Waals surface area contributed by atoms with Crippen LogP contribution >= 0.6 is 0 Å². The predicted octanol–water partition coefficient (Wildman–Crippen LogP) is 0.675. The first-order valence-electron chi connectivity index (χ1n) is 4.08. The highest BCUT2D eigenvalue weighted by molar-refractivity contribution is 5.49. The first-order chi connectivity index (χ1) is 6.07. The van der Waals surface area contributed by atoms with Crippen molar-refractivity contribution in [1.82, 2.24) is 0 Å². The topological polar surface area (TPSA) is 78.1 Å². The summed E-state index contributed by atoms with van der Waals surface area (Å²) in [6.07, 6.45) is 0. The maximum absolute atomic E-state index is 13.5. The summed E-state index contributed by atoms with van der Waals surface area (Å²) in [6, 6.07) is 2.76. The van der Waals surface area contributed by atoms with E-state index in [1.54, 1.807) is 19.1 Å². The molecular weight excluding hydrogens is 169 g/mol. The normalized spacial score (nSPS) is 12.9. The van der Waals surface area contributed by atoms with Crippen LogP contribution in [0, 0.1) is 12.7 Å². The fraction of sp³-hybridized carbons (Fsp3) is 0.333. The van der Waals surface area contributed by atoms with Gasteiger partial charge in [-0.25, -0.2) is 4.39 Å². The molecule has 0 saturated carbocycles. The number of anilines is 1. The summed E-state index contributed by atoms with van der Waals surface area (Å²) >= 11 is 0. The molecule has 1 aromatic rings. The Morgan fingerprint density at radius 1 is 1.46 bits per heavy atom. The molecule has 0 aliphatic rings. The Labute approximate surface area is 76.7 Å². The van der Waals surface area contributed by atoms with E-state index in [2.05, 4.69) is 0 Å². The van der Waals surface area contributed by atoms with Crippen LogP contribution in [-0.4, -0.2) is 6.54 Å². The molecule has 1 atom stereocenters. The summed E-state index contributed by atoms with van der Waals surface area (Å²) in [4.78, 5) is 0. The van der Waals surface area contributed by atoms with Gasteiger partial charge < -0.3 is 17.2 Å². The van der Waals surface area contributed by atoms with E-state index in [9.17, 15) is 4.39 Å². The molecular formula is C9H14FN3. The third kappa shape index (κ3) is 1.79. The van der Waals surface area contributed by atoms with Crippen molar-refractivity contribution in [1.29, 1.82) is 0 Å². The van der Waals surface area contributed by atoms with Gasteiger partial charge in [0.15, 0.2) is 0 Å². The molecule has 0 bridgehead atoms. The molecule has 1 rings (SSSR count). The molecule has 1 aromatic carbocycles. The highest BCUT2D eigenvalue weighted by Crippen LogP contribution is 2.21. The summed E-state index contributed by atoms with van der Waals surface area (Å²) in [7, 11) is 0. The van der Waals surface area contributed by atoms with Crippen molar-refractivity contribution in [2.45, 2.75) is 13.0 Å². The van der Waals surface area contributed by atoms with E-state index in [1.165, 1.54) is 0 Å². The van der Waals surface area contributed by atoms with E-state index in [0.29, 0.717) is 16.8 Å². The van der Waals surface area contributed by atoms with Crippen molar-refractivity contribution < 1.29 is 4.39 Å². The van der Waals surface area contributed by atoms with Crippen molar-refractivity contribution in [3.8, 4) is 0 Å². The van der Waals surface area contributed by atoms with Crippen LogP contribution in [0.5, 0.6) is 0 Å². The van der Waals surface area contributed by atoms with Gasteiger partial charge in [-0.1, -0.05) is 6.07 Å². The van der Waals surface area contributed by atoms with Gasteiger partial charge in [-0.3, -0.25) is 0 Å². The molecule has 3 nitrogen and oxygen atoms in total. The van der Waals surface area contributed by atoms with Gasteiger partial charge in [0.05, 0.1) is 0 Å².